The maximum atomic E-state index is 2.57. The first-order chi connectivity index (χ1) is 6.94. The van der Waals surface area contributed by atoms with E-state index in [9.17, 15) is 0 Å². The van der Waals surface area contributed by atoms with E-state index in [2.05, 4.69) is 27.7 Å². The smallest absolute Gasteiger partial charge is 0.0555 e. The molecule has 0 aromatic carbocycles. The molecule has 0 aromatic heterocycles. The van der Waals surface area contributed by atoms with Gasteiger partial charge in [0.25, 0.3) is 0 Å². The van der Waals surface area contributed by atoms with Crippen molar-refractivity contribution in [1.29, 1.82) is 0 Å². The average Bonchev–Trinajstić information content (AvgIpc) is 2.67. The van der Waals surface area contributed by atoms with Gasteiger partial charge in [-0.1, -0.05) is 20.8 Å². The average molecular weight is 205 g/mol. The number of fused-ring (bicyclic) bond motifs is 3. The van der Waals surface area contributed by atoms with Gasteiger partial charge in [0, 0.05) is 17.3 Å². The SMILES string of the molecule is C[C@H]1CC[C@@H]2CC3(C)CCC(C)(C)C3[C+]21. The van der Waals surface area contributed by atoms with E-state index < -0.39 is 0 Å². The molecule has 0 aromatic rings. The van der Waals surface area contributed by atoms with Gasteiger partial charge in [-0.05, 0) is 32.6 Å². The standard InChI is InChI=1S/C15H25/c1-10-5-6-11-9-15(4)8-7-14(2,3)13(15)12(10)11/h10-11,13H,5-9H2,1-4H3/q+1/t10-,11+,13?,15?/m0/s1. The van der Waals surface area contributed by atoms with Gasteiger partial charge in [0.2, 0.25) is 0 Å². The maximum absolute atomic E-state index is 2.57. The van der Waals surface area contributed by atoms with Crippen molar-refractivity contribution in [2.75, 3.05) is 0 Å². The van der Waals surface area contributed by atoms with Gasteiger partial charge in [0.1, 0.15) is 17.8 Å². The lowest BCUT2D eigenvalue weighted by atomic mass is 9.67. The highest BCUT2D eigenvalue weighted by atomic mass is 14.7. The molecule has 0 amide bonds. The summed E-state index contributed by atoms with van der Waals surface area (Å²) in [6.07, 6.45) is 7.43. The Hall–Kier alpha value is -0.130. The fourth-order valence-electron chi connectivity index (χ4n) is 5.40. The predicted octanol–water partition coefficient (Wildman–Crippen LogP) is 4.45. The van der Waals surface area contributed by atoms with Crippen LogP contribution in [0, 0.1) is 34.5 Å². The summed E-state index contributed by atoms with van der Waals surface area (Å²) in [6.45, 7) is 10.1. The molecule has 0 heterocycles. The summed E-state index contributed by atoms with van der Waals surface area (Å²) in [4.78, 5) is 0. The van der Waals surface area contributed by atoms with Gasteiger partial charge < -0.3 is 0 Å². The van der Waals surface area contributed by atoms with Gasteiger partial charge in [-0.2, -0.15) is 0 Å². The van der Waals surface area contributed by atoms with Crippen LogP contribution in [0.1, 0.15) is 59.8 Å². The number of rotatable bonds is 0. The van der Waals surface area contributed by atoms with Crippen LogP contribution in [0.15, 0.2) is 0 Å². The first-order valence-corrected chi connectivity index (χ1v) is 6.81. The van der Waals surface area contributed by atoms with Crippen molar-refractivity contribution < 1.29 is 0 Å². The molecule has 2 unspecified atom stereocenters. The van der Waals surface area contributed by atoms with Crippen LogP contribution < -0.4 is 0 Å². The summed E-state index contributed by atoms with van der Waals surface area (Å²) in [5.41, 5.74) is 1.27. The lowest BCUT2D eigenvalue weighted by Crippen LogP contribution is -2.30. The monoisotopic (exact) mass is 205 g/mol. The van der Waals surface area contributed by atoms with Crippen LogP contribution in [-0.2, 0) is 0 Å². The zero-order valence-corrected chi connectivity index (χ0v) is 10.8. The molecule has 3 aliphatic carbocycles. The Kier molecular flexibility index (Phi) is 1.85. The van der Waals surface area contributed by atoms with Crippen LogP contribution in [0.2, 0.25) is 0 Å². The fraction of sp³-hybridized carbons (Fsp3) is 0.933. The molecule has 3 fully saturated rings. The van der Waals surface area contributed by atoms with Crippen molar-refractivity contribution in [1.82, 2.24) is 0 Å². The lowest BCUT2D eigenvalue weighted by Gasteiger charge is -2.29. The highest BCUT2D eigenvalue weighted by Crippen LogP contribution is 2.70. The molecule has 0 nitrogen and oxygen atoms in total. The van der Waals surface area contributed by atoms with E-state index in [1.807, 2.05) is 5.92 Å². The molecule has 84 valence electrons. The Morgan fingerprint density at radius 3 is 2.53 bits per heavy atom. The van der Waals surface area contributed by atoms with Crippen LogP contribution in [0.3, 0.4) is 0 Å². The maximum Gasteiger partial charge on any atom is 0.111 e. The molecular formula is C15H25+. The van der Waals surface area contributed by atoms with E-state index in [-0.39, 0.29) is 0 Å². The molecule has 0 radical (unpaired) electrons. The molecule has 3 saturated carbocycles. The largest absolute Gasteiger partial charge is 0.111 e. The fourth-order valence-corrected chi connectivity index (χ4v) is 5.40. The zero-order valence-electron chi connectivity index (χ0n) is 10.8. The van der Waals surface area contributed by atoms with Gasteiger partial charge >= 0.3 is 0 Å². The Labute approximate surface area is 94.8 Å². The van der Waals surface area contributed by atoms with E-state index in [1.165, 1.54) is 32.1 Å². The minimum atomic E-state index is 0.595. The van der Waals surface area contributed by atoms with E-state index in [0.29, 0.717) is 10.8 Å². The molecule has 0 heteroatoms. The second-order valence-electron chi connectivity index (χ2n) is 7.46. The summed E-state index contributed by atoms with van der Waals surface area (Å²) in [7, 11) is 0. The molecular weight excluding hydrogens is 180 g/mol. The highest BCUT2D eigenvalue weighted by molar-refractivity contribution is 5.25. The van der Waals surface area contributed by atoms with Gasteiger partial charge in [0.05, 0.1) is 5.92 Å². The minimum absolute atomic E-state index is 0.595. The Morgan fingerprint density at radius 2 is 1.80 bits per heavy atom. The van der Waals surface area contributed by atoms with E-state index in [0.717, 1.165) is 17.8 Å². The third-order valence-corrected chi connectivity index (χ3v) is 5.85. The van der Waals surface area contributed by atoms with Crippen molar-refractivity contribution >= 4 is 0 Å². The topological polar surface area (TPSA) is 0 Å². The Morgan fingerprint density at radius 1 is 1.07 bits per heavy atom. The zero-order chi connectivity index (χ0) is 10.8. The predicted molar refractivity (Wildman–Crippen MR) is 64.4 cm³/mol. The van der Waals surface area contributed by atoms with Crippen molar-refractivity contribution in [3.63, 3.8) is 0 Å². The molecule has 0 bridgehead atoms. The summed E-state index contributed by atoms with van der Waals surface area (Å²) < 4.78 is 0. The van der Waals surface area contributed by atoms with Crippen LogP contribution in [0.4, 0.5) is 0 Å². The summed E-state index contributed by atoms with van der Waals surface area (Å²) >= 11 is 0. The molecule has 4 atom stereocenters. The van der Waals surface area contributed by atoms with E-state index in [1.54, 1.807) is 0 Å². The van der Waals surface area contributed by atoms with Gasteiger partial charge in [0.15, 0.2) is 0 Å². The van der Waals surface area contributed by atoms with Crippen LogP contribution in [0.25, 0.3) is 0 Å². The van der Waals surface area contributed by atoms with Crippen LogP contribution >= 0.6 is 0 Å². The van der Waals surface area contributed by atoms with Gasteiger partial charge in [-0.15, -0.1) is 0 Å². The van der Waals surface area contributed by atoms with Gasteiger partial charge in [-0.25, -0.2) is 0 Å². The Bertz CT molecular complexity index is 278. The highest BCUT2D eigenvalue weighted by Gasteiger charge is 2.69. The molecule has 0 N–H and O–H groups in total. The lowest BCUT2D eigenvalue weighted by molar-refractivity contribution is 0.177. The van der Waals surface area contributed by atoms with Crippen molar-refractivity contribution in [2.45, 2.75) is 59.8 Å². The summed E-state index contributed by atoms with van der Waals surface area (Å²) in [6, 6.07) is 0. The van der Waals surface area contributed by atoms with Crippen molar-refractivity contribution in [2.24, 2.45) is 28.6 Å². The van der Waals surface area contributed by atoms with Gasteiger partial charge in [-0.3, -0.25) is 0 Å². The molecule has 3 rings (SSSR count). The molecule has 3 aliphatic rings. The third-order valence-electron chi connectivity index (χ3n) is 5.85. The van der Waals surface area contributed by atoms with Crippen molar-refractivity contribution in [3.8, 4) is 0 Å². The molecule has 0 spiro atoms. The summed E-state index contributed by atoms with van der Waals surface area (Å²) in [5.74, 6) is 4.88. The Balaban J connectivity index is 1.99. The van der Waals surface area contributed by atoms with E-state index >= 15 is 0 Å². The first-order valence-electron chi connectivity index (χ1n) is 6.81. The number of hydrogen-bond acceptors (Lipinski definition) is 0. The van der Waals surface area contributed by atoms with Crippen LogP contribution in [-0.4, -0.2) is 0 Å². The van der Waals surface area contributed by atoms with Crippen molar-refractivity contribution in [3.05, 3.63) is 5.92 Å². The third kappa shape index (κ3) is 1.17. The number of hydrogen-bond donors (Lipinski definition) is 0. The second kappa shape index (κ2) is 2.76. The van der Waals surface area contributed by atoms with E-state index in [4.69, 9.17) is 0 Å². The summed E-state index contributed by atoms with van der Waals surface area (Å²) in [5, 5.41) is 0. The minimum Gasteiger partial charge on any atom is -0.0555 e. The first kappa shape index (κ1) is 10.1. The second-order valence-corrected chi connectivity index (χ2v) is 7.46. The normalized spacial score (nSPS) is 52.0. The van der Waals surface area contributed by atoms with Crippen LogP contribution in [0.5, 0.6) is 0 Å². The quantitative estimate of drug-likeness (QED) is 0.512. The molecule has 0 aliphatic heterocycles. The molecule has 15 heavy (non-hydrogen) atoms. The molecule has 0 saturated heterocycles.